The van der Waals surface area contributed by atoms with Gasteiger partial charge < -0.3 is 26.4 Å². The number of nitrogens with zero attached hydrogens (tertiary/aromatic N) is 5. The van der Waals surface area contributed by atoms with Gasteiger partial charge in [-0.25, -0.2) is 14.6 Å². The molecule has 5 N–H and O–H groups in total. The summed E-state index contributed by atoms with van der Waals surface area (Å²) < 4.78 is 8.02. The number of aromatic nitrogens is 4. The van der Waals surface area contributed by atoms with E-state index in [-0.39, 0.29) is 17.9 Å². The first kappa shape index (κ1) is 33.3. The summed E-state index contributed by atoms with van der Waals surface area (Å²) in [5, 5.41) is 9.05. The van der Waals surface area contributed by atoms with Crippen molar-refractivity contribution in [3.63, 3.8) is 0 Å². The van der Waals surface area contributed by atoms with Gasteiger partial charge in [0.25, 0.3) is 0 Å². The molecule has 2 aliphatic carbocycles. The van der Waals surface area contributed by atoms with Crippen LogP contribution in [0.3, 0.4) is 0 Å². The molecule has 10 heteroatoms. The second-order valence-electron chi connectivity index (χ2n) is 15.2. The van der Waals surface area contributed by atoms with Crippen LogP contribution in [0.5, 0.6) is 11.5 Å². The average Bonchev–Trinajstić information content (AvgIpc) is 3.49. The minimum atomic E-state index is 0.0670. The van der Waals surface area contributed by atoms with Crippen molar-refractivity contribution in [3.8, 4) is 22.8 Å². The van der Waals surface area contributed by atoms with Crippen LogP contribution in [-0.4, -0.2) is 56.7 Å². The molecule has 0 spiro atoms. The zero-order valence-electron chi connectivity index (χ0n) is 29.1. The summed E-state index contributed by atoms with van der Waals surface area (Å²) in [5.41, 5.74) is 16.1. The molecule has 10 nitrogen and oxygen atoms in total. The summed E-state index contributed by atoms with van der Waals surface area (Å²) in [4.78, 5) is 24.4. The van der Waals surface area contributed by atoms with Gasteiger partial charge in [-0.05, 0) is 98.9 Å². The molecule has 1 aliphatic heterocycles. The van der Waals surface area contributed by atoms with Gasteiger partial charge in [0, 0.05) is 37.7 Å². The molecule has 2 bridgehead atoms. The van der Waals surface area contributed by atoms with E-state index >= 15 is 0 Å². The molecule has 7 rings (SSSR count). The van der Waals surface area contributed by atoms with E-state index < -0.39 is 0 Å². The monoisotopic (exact) mass is 664 g/mol. The van der Waals surface area contributed by atoms with E-state index in [0.717, 1.165) is 73.1 Å². The molecule has 49 heavy (non-hydrogen) atoms. The third-order valence-electron chi connectivity index (χ3n) is 11.5. The zero-order valence-corrected chi connectivity index (χ0v) is 29.1. The van der Waals surface area contributed by atoms with E-state index in [1.807, 2.05) is 53.2 Å². The zero-order chi connectivity index (χ0) is 34.0. The van der Waals surface area contributed by atoms with E-state index in [1.54, 1.807) is 0 Å². The number of amides is 1. The quantitative estimate of drug-likeness (QED) is 0.143. The number of anilines is 2. The number of carbonyl (C=O) groups excluding carboxylic acids is 1. The maximum Gasteiger partial charge on any atom is 0.222 e. The summed E-state index contributed by atoms with van der Waals surface area (Å²) in [7, 11) is 0. The van der Waals surface area contributed by atoms with Crippen LogP contribution in [0.1, 0.15) is 84.1 Å². The summed E-state index contributed by atoms with van der Waals surface area (Å²) in [6.45, 7) is 7.93. The van der Waals surface area contributed by atoms with Crippen molar-refractivity contribution in [2.24, 2.45) is 23.2 Å². The molecular formula is C39H52N8O2. The summed E-state index contributed by atoms with van der Waals surface area (Å²) >= 11 is 0. The normalized spacial score (nSPS) is 23.7. The van der Waals surface area contributed by atoms with Crippen LogP contribution in [0.4, 0.5) is 11.5 Å². The number of rotatable bonds is 11. The Hall–Kier alpha value is -4.18. The van der Waals surface area contributed by atoms with E-state index in [9.17, 15) is 4.79 Å². The van der Waals surface area contributed by atoms with Crippen molar-refractivity contribution in [2.75, 3.05) is 37.6 Å². The Labute approximate surface area is 290 Å². The van der Waals surface area contributed by atoms with E-state index in [0.29, 0.717) is 34.9 Å². The lowest BCUT2D eigenvalue weighted by Gasteiger charge is -2.48. The van der Waals surface area contributed by atoms with Crippen molar-refractivity contribution < 1.29 is 9.53 Å². The van der Waals surface area contributed by atoms with Gasteiger partial charge in [0.2, 0.25) is 5.91 Å². The van der Waals surface area contributed by atoms with Gasteiger partial charge in [0.1, 0.15) is 29.3 Å². The number of hydrogen-bond acceptors (Lipinski definition) is 8. The minimum absolute atomic E-state index is 0.0670. The second kappa shape index (κ2) is 14.4. The lowest BCUT2D eigenvalue weighted by atomic mass is 9.57. The SMILES string of the molecule is CC1CC2CCCC(CC[C@@H](C)C(=O)NCCN3CCC(n4nc(-c5ccc(Oc6ccccc6)c(N)c5)c5c(N)ncnc54)CC3)(C1)C2. The van der Waals surface area contributed by atoms with Crippen molar-refractivity contribution in [3.05, 3.63) is 54.9 Å². The molecule has 4 atom stereocenters. The number of nitrogens with one attached hydrogen (secondary N) is 1. The van der Waals surface area contributed by atoms with Crippen LogP contribution in [0.2, 0.25) is 0 Å². The van der Waals surface area contributed by atoms with Gasteiger partial charge >= 0.3 is 0 Å². The highest BCUT2D eigenvalue weighted by molar-refractivity contribution is 5.98. The number of hydrogen-bond donors (Lipinski definition) is 3. The number of benzene rings is 2. The molecule has 3 fully saturated rings. The Kier molecular flexibility index (Phi) is 9.76. The maximum atomic E-state index is 13.0. The molecule has 1 amide bonds. The Morgan fingerprint density at radius 3 is 2.69 bits per heavy atom. The number of nitrogens with two attached hydrogens (primary N) is 2. The third kappa shape index (κ3) is 7.39. The van der Waals surface area contributed by atoms with Crippen LogP contribution in [0.15, 0.2) is 54.9 Å². The molecule has 2 saturated carbocycles. The smallest absolute Gasteiger partial charge is 0.222 e. The Morgan fingerprint density at radius 1 is 1.08 bits per heavy atom. The van der Waals surface area contributed by atoms with Crippen molar-refractivity contribution in [1.82, 2.24) is 30.0 Å². The number of fused-ring (bicyclic) bond motifs is 3. The van der Waals surface area contributed by atoms with Gasteiger partial charge in [-0.2, -0.15) is 5.10 Å². The largest absolute Gasteiger partial charge is 0.455 e. The Balaban J connectivity index is 0.933. The van der Waals surface area contributed by atoms with Crippen LogP contribution < -0.4 is 21.5 Å². The molecule has 3 heterocycles. The number of likely N-dealkylation sites (tertiary alicyclic amines) is 1. The molecule has 0 radical (unpaired) electrons. The lowest BCUT2D eigenvalue weighted by Crippen LogP contribution is -2.41. The maximum absolute atomic E-state index is 13.0. The predicted molar refractivity (Wildman–Crippen MR) is 195 cm³/mol. The highest BCUT2D eigenvalue weighted by Gasteiger charge is 2.41. The van der Waals surface area contributed by atoms with Crippen molar-refractivity contribution in [1.29, 1.82) is 0 Å². The Bertz CT molecular complexity index is 1750. The van der Waals surface area contributed by atoms with Gasteiger partial charge in [-0.1, -0.05) is 44.9 Å². The van der Waals surface area contributed by atoms with E-state index in [4.69, 9.17) is 21.3 Å². The number of nitrogen functional groups attached to an aromatic ring is 2. The van der Waals surface area contributed by atoms with Gasteiger partial charge in [-0.3, -0.25) is 4.79 Å². The molecule has 260 valence electrons. The molecule has 2 aromatic carbocycles. The Morgan fingerprint density at radius 2 is 1.90 bits per heavy atom. The average molecular weight is 665 g/mol. The molecule has 2 aromatic heterocycles. The highest BCUT2D eigenvalue weighted by Crippen LogP contribution is 2.53. The fraction of sp³-hybridized carbons (Fsp3) is 0.538. The summed E-state index contributed by atoms with van der Waals surface area (Å²) in [5.74, 6) is 3.73. The number of piperidine rings is 1. The fourth-order valence-electron chi connectivity index (χ4n) is 9.10. The first-order valence-corrected chi connectivity index (χ1v) is 18.4. The highest BCUT2D eigenvalue weighted by atomic mass is 16.5. The molecule has 3 unspecified atom stereocenters. The molecule has 3 aliphatic rings. The van der Waals surface area contributed by atoms with Gasteiger partial charge in [0.05, 0.1) is 17.1 Å². The van der Waals surface area contributed by atoms with Crippen LogP contribution in [0, 0.1) is 23.2 Å². The number of carbonyl (C=O) groups is 1. The van der Waals surface area contributed by atoms with Crippen molar-refractivity contribution >= 4 is 28.4 Å². The minimum Gasteiger partial charge on any atom is -0.455 e. The summed E-state index contributed by atoms with van der Waals surface area (Å²) in [6, 6.07) is 15.4. The fourth-order valence-corrected chi connectivity index (χ4v) is 9.10. The first-order valence-electron chi connectivity index (χ1n) is 18.4. The predicted octanol–water partition coefficient (Wildman–Crippen LogP) is 7.23. The van der Waals surface area contributed by atoms with Crippen LogP contribution in [-0.2, 0) is 4.79 Å². The first-order chi connectivity index (χ1) is 23.8. The summed E-state index contributed by atoms with van der Waals surface area (Å²) in [6.07, 6.45) is 13.9. The van der Waals surface area contributed by atoms with E-state index in [1.165, 1.54) is 51.3 Å². The van der Waals surface area contributed by atoms with Crippen molar-refractivity contribution in [2.45, 2.75) is 84.1 Å². The van der Waals surface area contributed by atoms with Crippen LogP contribution in [0.25, 0.3) is 22.3 Å². The molecule has 4 aromatic rings. The number of ether oxygens (including phenoxy) is 1. The van der Waals surface area contributed by atoms with Gasteiger partial charge in [0.15, 0.2) is 5.65 Å². The third-order valence-corrected chi connectivity index (χ3v) is 11.5. The van der Waals surface area contributed by atoms with Gasteiger partial charge in [-0.15, -0.1) is 0 Å². The second-order valence-corrected chi connectivity index (χ2v) is 15.2. The lowest BCUT2D eigenvalue weighted by molar-refractivity contribution is -0.125. The molecular weight excluding hydrogens is 612 g/mol. The number of para-hydroxylation sites is 1. The van der Waals surface area contributed by atoms with E-state index in [2.05, 4.69) is 34.0 Å². The standard InChI is InChI=1S/C39H52N8O2/c1-26-21-28-7-6-15-39(23-26,24-28)16-12-27(2)38(48)42-17-20-46-18-13-30(14-19-46)47-37-34(36(41)43-25-44-37)35(45-47)29-10-11-33(32(40)22-29)49-31-8-4-3-5-9-31/h3-5,8-11,22,25-28,30H,6-7,12-21,23-24,40H2,1-2H3,(H,42,48)(H2,41,43,44)/t26?,27-,28?,39?/m1/s1. The molecule has 1 saturated heterocycles. The topological polar surface area (TPSA) is 137 Å². The van der Waals surface area contributed by atoms with Crippen LogP contribution >= 0.6 is 0 Å².